The number of aromatic nitrogens is 2. The van der Waals surface area contributed by atoms with Crippen molar-refractivity contribution in [2.75, 3.05) is 0 Å². The van der Waals surface area contributed by atoms with Crippen molar-refractivity contribution in [2.24, 2.45) is 5.73 Å². The van der Waals surface area contributed by atoms with Crippen LogP contribution < -0.4 is 5.73 Å². The standard InChI is InChI=1S/C16H22ClN3/c1-5-14(18)9-13-6-7-15(8-10(13)2)20-12(4)16(17)11(3)19-20/h6-8,14H,5,9,18H2,1-4H3. The molecule has 0 spiro atoms. The molecule has 0 bridgehead atoms. The van der Waals surface area contributed by atoms with E-state index in [1.54, 1.807) is 0 Å². The number of halogens is 1. The predicted molar refractivity (Wildman–Crippen MR) is 84.8 cm³/mol. The van der Waals surface area contributed by atoms with E-state index in [1.807, 2.05) is 18.5 Å². The number of nitrogens with two attached hydrogens (primary N) is 1. The predicted octanol–water partition coefficient (Wildman–Crippen LogP) is 3.73. The van der Waals surface area contributed by atoms with Crippen LogP contribution in [0.4, 0.5) is 0 Å². The van der Waals surface area contributed by atoms with Crippen LogP contribution in [0.15, 0.2) is 18.2 Å². The van der Waals surface area contributed by atoms with Crippen molar-refractivity contribution in [1.82, 2.24) is 9.78 Å². The van der Waals surface area contributed by atoms with Gasteiger partial charge in [-0.15, -0.1) is 0 Å². The largest absolute Gasteiger partial charge is 0.327 e. The van der Waals surface area contributed by atoms with E-state index < -0.39 is 0 Å². The molecule has 1 aromatic carbocycles. The Balaban J connectivity index is 2.35. The highest BCUT2D eigenvalue weighted by Crippen LogP contribution is 2.24. The van der Waals surface area contributed by atoms with E-state index in [4.69, 9.17) is 17.3 Å². The minimum Gasteiger partial charge on any atom is -0.327 e. The summed E-state index contributed by atoms with van der Waals surface area (Å²) in [5, 5.41) is 5.22. The fraction of sp³-hybridized carbons (Fsp3) is 0.438. The van der Waals surface area contributed by atoms with Gasteiger partial charge in [0.05, 0.1) is 22.1 Å². The molecule has 0 saturated heterocycles. The third-order valence-electron chi connectivity index (χ3n) is 3.78. The van der Waals surface area contributed by atoms with E-state index in [0.29, 0.717) is 0 Å². The van der Waals surface area contributed by atoms with Gasteiger partial charge < -0.3 is 5.73 Å². The summed E-state index contributed by atoms with van der Waals surface area (Å²) in [5.74, 6) is 0. The quantitative estimate of drug-likeness (QED) is 0.933. The Morgan fingerprint density at radius 3 is 2.50 bits per heavy atom. The highest BCUT2D eigenvalue weighted by Gasteiger charge is 2.12. The Morgan fingerprint density at radius 2 is 2.00 bits per heavy atom. The summed E-state index contributed by atoms with van der Waals surface area (Å²) in [6.07, 6.45) is 1.91. The van der Waals surface area contributed by atoms with Crippen molar-refractivity contribution >= 4 is 11.6 Å². The molecule has 108 valence electrons. The normalized spacial score (nSPS) is 12.7. The molecular weight excluding hydrogens is 270 g/mol. The van der Waals surface area contributed by atoms with Crippen LogP contribution >= 0.6 is 11.6 Å². The van der Waals surface area contributed by atoms with Crippen LogP contribution in [0, 0.1) is 20.8 Å². The molecule has 4 heteroatoms. The summed E-state index contributed by atoms with van der Waals surface area (Å²) in [7, 11) is 0. The van der Waals surface area contributed by atoms with Crippen molar-refractivity contribution in [3.05, 3.63) is 45.7 Å². The van der Waals surface area contributed by atoms with Crippen molar-refractivity contribution < 1.29 is 0 Å². The molecule has 1 heterocycles. The van der Waals surface area contributed by atoms with Gasteiger partial charge >= 0.3 is 0 Å². The topological polar surface area (TPSA) is 43.8 Å². The molecule has 2 rings (SSSR count). The summed E-state index contributed by atoms with van der Waals surface area (Å²) >= 11 is 6.21. The number of nitrogens with zero attached hydrogens (tertiary/aromatic N) is 2. The van der Waals surface area contributed by atoms with Gasteiger partial charge in [-0.3, -0.25) is 0 Å². The van der Waals surface area contributed by atoms with Gasteiger partial charge in [-0.05, 0) is 56.9 Å². The smallest absolute Gasteiger partial charge is 0.0848 e. The third-order valence-corrected chi connectivity index (χ3v) is 4.33. The second-order valence-electron chi connectivity index (χ2n) is 5.38. The van der Waals surface area contributed by atoms with Gasteiger partial charge in [-0.25, -0.2) is 4.68 Å². The highest BCUT2D eigenvalue weighted by molar-refractivity contribution is 6.31. The second kappa shape index (κ2) is 5.98. The van der Waals surface area contributed by atoms with Crippen LogP contribution in [0.25, 0.3) is 5.69 Å². The van der Waals surface area contributed by atoms with Crippen molar-refractivity contribution in [1.29, 1.82) is 0 Å². The first-order chi connectivity index (χ1) is 9.43. The second-order valence-corrected chi connectivity index (χ2v) is 5.76. The van der Waals surface area contributed by atoms with E-state index in [2.05, 4.69) is 37.1 Å². The van der Waals surface area contributed by atoms with Crippen molar-refractivity contribution in [2.45, 2.75) is 46.6 Å². The first kappa shape index (κ1) is 15.1. The first-order valence-electron chi connectivity index (χ1n) is 7.01. The lowest BCUT2D eigenvalue weighted by molar-refractivity contribution is 0.644. The van der Waals surface area contributed by atoms with Crippen molar-refractivity contribution in [3.8, 4) is 5.69 Å². The number of hydrogen-bond acceptors (Lipinski definition) is 2. The number of benzene rings is 1. The van der Waals surface area contributed by atoms with Gasteiger partial charge in [0.25, 0.3) is 0 Å². The van der Waals surface area contributed by atoms with Gasteiger partial charge in [0.2, 0.25) is 0 Å². The molecule has 20 heavy (non-hydrogen) atoms. The molecule has 2 aromatic rings. The molecule has 1 atom stereocenters. The lowest BCUT2D eigenvalue weighted by atomic mass is 10.00. The minimum atomic E-state index is 0.225. The maximum atomic E-state index is 6.21. The number of aryl methyl sites for hydroxylation is 2. The molecule has 1 aromatic heterocycles. The fourth-order valence-electron chi connectivity index (χ4n) is 2.34. The maximum Gasteiger partial charge on any atom is 0.0848 e. The van der Waals surface area contributed by atoms with Crippen LogP contribution in [0.3, 0.4) is 0 Å². The number of hydrogen-bond donors (Lipinski definition) is 1. The van der Waals surface area contributed by atoms with Gasteiger partial charge in [0.15, 0.2) is 0 Å². The average molecular weight is 292 g/mol. The van der Waals surface area contributed by atoms with Crippen LogP contribution in [-0.2, 0) is 6.42 Å². The van der Waals surface area contributed by atoms with Gasteiger partial charge in [0, 0.05) is 6.04 Å². The van der Waals surface area contributed by atoms with E-state index in [0.717, 1.165) is 34.9 Å². The number of rotatable bonds is 4. The summed E-state index contributed by atoms with van der Waals surface area (Å²) in [6, 6.07) is 6.60. The van der Waals surface area contributed by atoms with E-state index in [-0.39, 0.29) is 6.04 Å². The molecular formula is C16H22ClN3. The molecule has 0 saturated carbocycles. The molecule has 1 unspecified atom stereocenters. The first-order valence-corrected chi connectivity index (χ1v) is 7.39. The Morgan fingerprint density at radius 1 is 1.30 bits per heavy atom. The minimum absolute atomic E-state index is 0.225. The van der Waals surface area contributed by atoms with Gasteiger partial charge in [0.1, 0.15) is 0 Å². The fourth-order valence-corrected chi connectivity index (χ4v) is 2.46. The van der Waals surface area contributed by atoms with Crippen LogP contribution in [-0.4, -0.2) is 15.8 Å². The maximum absolute atomic E-state index is 6.21. The van der Waals surface area contributed by atoms with E-state index >= 15 is 0 Å². The summed E-state index contributed by atoms with van der Waals surface area (Å²) in [6.45, 7) is 8.15. The molecule has 0 amide bonds. The average Bonchev–Trinajstić information content (AvgIpc) is 2.68. The lowest BCUT2D eigenvalue weighted by Crippen LogP contribution is -2.21. The molecule has 0 radical (unpaired) electrons. The lowest BCUT2D eigenvalue weighted by Gasteiger charge is -2.13. The monoisotopic (exact) mass is 291 g/mol. The molecule has 2 N–H and O–H groups in total. The van der Waals surface area contributed by atoms with Crippen LogP contribution in [0.1, 0.15) is 35.9 Å². The van der Waals surface area contributed by atoms with Crippen LogP contribution in [0.2, 0.25) is 5.02 Å². The summed E-state index contributed by atoms with van der Waals surface area (Å²) < 4.78 is 1.90. The SMILES string of the molecule is CCC(N)Cc1ccc(-n2nc(C)c(Cl)c2C)cc1C. The van der Waals surface area contributed by atoms with Gasteiger partial charge in [-0.2, -0.15) is 5.10 Å². The molecule has 0 aliphatic heterocycles. The molecule has 0 aliphatic rings. The van der Waals surface area contributed by atoms with E-state index in [1.165, 1.54) is 11.1 Å². The zero-order valence-electron chi connectivity index (χ0n) is 12.6. The van der Waals surface area contributed by atoms with E-state index in [9.17, 15) is 0 Å². The Bertz CT molecular complexity index is 616. The summed E-state index contributed by atoms with van der Waals surface area (Å²) in [4.78, 5) is 0. The Labute approximate surface area is 125 Å². The zero-order valence-corrected chi connectivity index (χ0v) is 13.3. The highest BCUT2D eigenvalue weighted by atomic mass is 35.5. The molecule has 0 fully saturated rings. The third kappa shape index (κ3) is 2.89. The summed E-state index contributed by atoms with van der Waals surface area (Å²) in [5.41, 5.74) is 11.5. The Hall–Kier alpha value is -1.32. The van der Waals surface area contributed by atoms with Gasteiger partial charge in [-0.1, -0.05) is 24.6 Å². The molecule has 0 aliphatic carbocycles. The van der Waals surface area contributed by atoms with Crippen molar-refractivity contribution in [3.63, 3.8) is 0 Å². The zero-order chi connectivity index (χ0) is 14.9. The van der Waals surface area contributed by atoms with Crippen LogP contribution in [0.5, 0.6) is 0 Å². The Kier molecular flexibility index (Phi) is 4.51. The molecule has 3 nitrogen and oxygen atoms in total.